The van der Waals surface area contributed by atoms with Gasteiger partial charge in [0.05, 0.1) is 10.2 Å². The zero-order valence-corrected chi connectivity index (χ0v) is 18.5. The van der Waals surface area contributed by atoms with Crippen molar-refractivity contribution in [1.29, 1.82) is 0 Å². The number of nitrogens with one attached hydrogen (secondary N) is 1. The minimum atomic E-state index is -0.00541. The van der Waals surface area contributed by atoms with Gasteiger partial charge < -0.3 is 10.2 Å². The lowest BCUT2D eigenvalue weighted by molar-refractivity contribution is 0.0948. The second-order valence-corrected chi connectivity index (χ2v) is 9.12. The van der Waals surface area contributed by atoms with Gasteiger partial charge in [-0.1, -0.05) is 47.7 Å². The van der Waals surface area contributed by atoms with Crippen molar-refractivity contribution >= 4 is 43.4 Å². The third-order valence-corrected chi connectivity index (χ3v) is 6.98. The van der Waals surface area contributed by atoms with E-state index in [4.69, 9.17) is 4.98 Å². The van der Waals surface area contributed by atoms with Gasteiger partial charge in [0.2, 0.25) is 0 Å². The molecule has 1 saturated heterocycles. The molecular formula is C25H26N4OS. The Balaban J connectivity index is 1.11. The van der Waals surface area contributed by atoms with Gasteiger partial charge >= 0.3 is 0 Å². The van der Waals surface area contributed by atoms with E-state index in [0.29, 0.717) is 6.54 Å². The van der Waals surface area contributed by atoms with Crippen LogP contribution < -0.4 is 10.2 Å². The van der Waals surface area contributed by atoms with Crippen molar-refractivity contribution in [3.63, 3.8) is 0 Å². The van der Waals surface area contributed by atoms with Crippen molar-refractivity contribution in [3.8, 4) is 0 Å². The molecule has 0 bridgehead atoms. The fourth-order valence-electron chi connectivity index (χ4n) is 4.08. The summed E-state index contributed by atoms with van der Waals surface area (Å²) < 4.78 is 1.26. The molecule has 4 aromatic rings. The summed E-state index contributed by atoms with van der Waals surface area (Å²) in [7, 11) is 0. The average molecular weight is 431 g/mol. The molecule has 5 rings (SSSR count). The number of carbonyl (C=O) groups excluding carboxylic acids is 1. The summed E-state index contributed by atoms with van der Waals surface area (Å²) in [6.45, 7) is 7.56. The van der Waals surface area contributed by atoms with Crippen LogP contribution >= 0.6 is 11.3 Å². The molecule has 1 aromatic heterocycles. The maximum atomic E-state index is 12.5. The lowest BCUT2D eigenvalue weighted by atomic mass is 10.1. The lowest BCUT2D eigenvalue weighted by Gasteiger charge is -2.34. The van der Waals surface area contributed by atoms with Crippen molar-refractivity contribution in [3.05, 3.63) is 71.8 Å². The van der Waals surface area contributed by atoms with E-state index in [1.807, 2.05) is 36.4 Å². The second kappa shape index (κ2) is 8.65. The highest BCUT2D eigenvalue weighted by Crippen LogP contribution is 2.30. The number of rotatable bonds is 5. The summed E-state index contributed by atoms with van der Waals surface area (Å²) >= 11 is 1.78. The second-order valence-electron chi connectivity index (χ2n) is 8.11. The maximum absolute atomic E-state index is 12.5. The van der Waals surface area contributed by atoms with Crippen LogP contribution in [0.2, 0.25) is 0 Å². The van der Waals surface area contributed by atoms with E-state index in [1.54, 1.807) is 11.3 Å². The monoisotopic (exact) mass is 430 g/mol. The molecule has 0 atom stereocenters. The average Bonchev–Trinajstić information content (AvgIpc) is 3.22. The Labute approximate surface area is 186 Å². The maximum Gasteiger partial charge on any atom is 0.251 e. The molecule has 0 unspecified atom stereocenters. The standard InChI is InChI=1S/C25H26N4OS/c1-18-6-9-22-23(16-18)31-25(27-22)29-14-12-28(13-15-29)11-10-26-24(30)21-8-7-19-4-2-3-5-20(19)17-21/h2-9,16-17H,10-15H2,1H3,(H,26,30). The van der Waals surface area contributed by atoms with Gasteiger partial charge in [0.15, 0.2) is 5.13 Å². The Morgan fingerprint density at radius 3 is 2.65 bits per heavy atom. The summed E-state index contributed by atoms with van der Waals surface area (Å²) in [5, 5.41) is 6.43. The van der Waals surface area contributed by atoms with Crippen LogP contribution in [0.1, 0.15) is 15.9 Å². The number of hydrogen-bond acceptors (Lipinski definition) is 5. The minimum Gasteiger partial charge on any atom is -0.351 e. The molecule has 158 valence electrons. The zero-order valence-electron chi connectivity index (χ0n) is 17.7. The normalized spacial score (nSPS) is 14.9. The highest BCUT2D eigenvalue weighted by Gasteiger charge is 2.20. The van der Waals surface area contributed by atoms with Gasteiger partial charge in [-0.25, -0.2) is 4.98 Å². The Morgan fingerprint density at radius 1 is 1.00 bits per heavy atom. The van der Waals surface area contributed by atoms with E-state index in [9.17, 15) is 4.79 Å². The van der Waals surface area contributed by atoms with E-state index in [2.05, 4.69) is 46.3 Å². The van der Waals surface area contributed by atoms with E-state index in [1.165, 1.54) is 10.3 Å². The molecule has 1 aliphatic heterocycles. The Kier molecular flexibility index (Phi) is 5.57. The first-order valence-corrected chi connectivity index (χ1v) is 11.6. The SMILES string of the molecule is Cc1ccc2nc(N3CCN(CCNC(=O)c4ccc5ccccc5c4)CC3)sc2c1. The number of aromatic nitrogens is 1. The van der Waals surface area contributed by atoms with Gasteiger partial charge in [0.25, 0.3) is 5.91 Å². The third-order valence-electron chi connectivity index (χ3n) is 5.90. The van der Waals surface area contributed by atoms with Crippen molar-refractivity contribution in [1.82, 2.24) is 15.2 Å². The molecule has 0 radical (unpaired) electrons. The molecule has 0 spiro atoms. The summed E-state index contributed by atoms with van der Waals surface area (Å²) in [4.78, 5) is 22.1. The summed E-state index contributed by atoms with van der Waals surface area (Å²) in [5.41, 5.74) is 3.08. The first kappa shape index (κ1) is 20.0. The molecule has 1 N–H and O–H groups in total. The van der Waals surface area contributed by atoms with Crippen LogP contribution in [0.4, 0.5) is 5.13 Å². The first-order valence-electron chi connectivity index (χ1n) is 10.8. The molecule has 31 heavy (non-hydrogen) atoms. The molecule has 1 fully saturated rings. The number of fused-ring (bicyclic) bond motifs is 2. The highest BCUT2D eigenvalue weighted by atomic mass is 32.1. The number of anilines is 1. The van der Waals surface area contributed by atoms with Crippen LogP contribution in [0.3, 0.4) is 0 Å². The van der Waals surface area contributed by atoms with Crippen molar-refractivity contribution < 1.29 is 4.79 Å². The van der Waals surface area contributed by atoms with Gasteiger partial charge in [-0.15, -0.1) is 0 Å². The fourth-order valence-corrected chi connectivity index (χ4v) is 5.19. The van der Waals surface area contributed by atoms with Crippen LogP contribution in [-0.2, 0) is 0 Å². The molecular weight excluding hydrogens is 404 g/mol. The number of piperazine rings is 1. The number of benzene rings is 3. The molecule has 0 saturated carbocycles. The van der Waals surface area contributed by atoms with Crippen LogP contribution in [0.5, 0.6) is 0 Å². The van der Waals surface area contributed by atoms with E-state index in [0.717, 1.165) is 59.7 Å². The van der Waals surface area contributed by atoms with Crippen LogP contribution in [0.15, 0.2) is 60.7 Å². The summed E-state index contributed by atoms with van der Waals surface area (Å²) in [5.74, 6) is -0.00541. The number of aryl methyl sites for hydroxylation is 1. The van der Waals surface area contributed by atoms with Crippen molar-refractivity contribution in [2.75, 3.05) is 44.2 Å². The summed E-state index contributed by atoms with van der Waals surface area (Å²) in [6.07, 6.45) is 0. The van der Waals surface area contributed by atoms with Gasteiger partial charge in [-0.2, -0.15) is 0 Å². The summed E-state index contributed by atoms with van der Waals surface area (Å²) in [6, 6.07) is 20.4. The Morgan fingerprint density at radius 2 is 1.81 bits per heavy atom. The topological polar surface area (TPSA) is 48.5 Å². The minimum absolute atomic E-state index is 0.00541. The van der Waals surface area contributed by atoms with Crippen LogP contribution in [0, 0.1) is 6.92 Å². The fraction of sp³-hybridized carbons (Fsp3) is 0.280. The van der Waals surface area contributed by atoms with Gasteiger partial charge in [-0.05, 0) is 47.5 Å². The molecule has 0 aliphatic carbocycles. The van der Waals surface area contributed by atoms with Gasteiger partial charge in [0.1, 0.15) is 0 Å². The number of hydrogen-bond donors (Lipinski definition) is 1. The number of nitrogens with zero attached hydrogens (tertiary/aromatic N) is 3. The third kappa shape index (κ3) is 4.40. The zero-order chi connectivity index (χ0) is 21.2. The molecule has 6 heteroatoms. The van der Waals surface area contributed by atoms with Crippen molar-refractivity contribution in [2.45, 2.75) is 6.92 Å². The molecule has 1 aliphatic rings. The molecule has 5 nitrogen and oxygen atoms in total. The number of amides is 1. The van der Waals surface area contributed by atoms with Gasteiger partial charge in [-0.3, -0.25) is 9.69 Å². The van der Waals surface area contributed by atoms with Crippen LogP contribution in [0.25, 0.3) is 21.0 Å². The quantitative estimate of drug-likeness (QED) is 0.513. The molecule has 3 aromatic carbocycles. The first-order chi connectivity index (χ1) is 15.2. The van der Waals surface area contributed by atoms with E-state index in [-0.39, 0.29) is 5.91 Å². The molecule has 2 heterocycles. The highest BCUT2D eigenvalue weighted by molar-refractivity contribution is 7.22. The predicted octanol–water partition coefficient (Wildman–Crippen LogP) is 4.31. The Bertz CT molecular complexity index is 1230. The smallest absolute Gasteiger partial charge is 0.251 e. The van der Waals surface area contributed by atoms with Crippen molar-refractivity contribution in [2.24, 2.45) is 0 Å². The predicted molar refractivity (Wildman–Crippen MR) is 129 cm³/mol. The van der Waals surface area contributed by atoms with E-state index >= 15 is 0 Å². The van der Waals surface area contributed by atoms with E-state index < -0.39 is 0 Å². The number of carbonyl (C=O) groups is 1. The van der Waals surface area contributed by atoms with Crippen LogP contribution in [-0.4, -0.2) is 55.1 Å². The largest absolute Gasteiger partial charge is 0.351 e. The van der Waals surface area contributed by atoms with Gasteiger partial charge in [0, 0.05) is 44.8 Å². The number of thiazole rings is 1. The Hall–Kier alpha value is -2.96. The lowest BCUT2D eigenvalue weighted by Crippen LogP contribution is -2.48. The molecule has 1 amide bonds.